The summed E-state index contributed by atoms with van der Waals surface area (Å²) in [6.45, 7) is 5.40. The second kappa shape index (κ2) is 16.1. The maximum atomic E-state index is 12.5. The molecule has 3 rings (SSSR count). The molecule has 222 valence electrons. The Hall–Kier alpha value is -4.44. The van der Waals surface area contributed by atoms with E-state index in [1.54, 1.807) is 20.8 Å². The van der Waals surface area contributed by atoms with E-state index in [-0.39, 0.29) is 24.7 Å². The Kier molecular flexibility index (Phi) is 12.3. The van der Waals surface area contributed by atoms with E-state index in [9.17, 15) is 14.4 Å². The number of ether oxygens (including phenoxy) is 3. The average Bonchev–Trinajstić information content (AvgIpc) is 2.97. The van der Waals surface area contributed by atoms with Gasteiger partial charge in [0.2, 0.25) is 5.91 Å². The number of nitrogens with one attached hydrogen (secondary N) is 3. The van der Waals surface area contributed by atoms with Gasteiger partial charge in [0.25, 0.3) is 0 Å². The minimum Gasteiger partial charge on any atom is -0.489 e. The Labute approximate surface area is 251 Å². The lowest BCUT2D eigenvalue weighted by atomic mass is 10.1. The number of hydrogen-bond donors (Lipinski definition) is 3. The zero-order valence-corrected chi connectivity index (χ0v) is 24.9. The first-order chi connectivity index (χ1) is 20.1. The molecule has 0 fully saturated rings. The summed E-state index contributed by atoms with van der Waals surface area (Å²) in [6, 6.07) is 25.9. The van der Waals surface area contributed by atoms with Gasteiger partial charge in [0, 0.05) is 0 Å². The molecule has 0 heterocycles. The van der Waals surface area contributed by atoms with Gasteiger partial charge >= 0.3 is 12.1 Å². The highest BCUT2D eigenvalue weighted by Gasteiger charge is 2.23. The van der Waals surface area contributed by atoms with Crippen LogP contribution in [-0.2, 0) is 38.7 Å². The average molecular weight is 592 g/mol. The zero-order chi connectivity index (χ0) is 30.4. The number of carbonyl (C=O) groups excluding carboxylic acids is 3. The van der Waals surface area contributed by atoms with Crippen molar-refractivity contribution in [1.82, 2.24) is 16.0 Å². The molecule has 9 nitrogen and oxygen atoms in total. The van der Waals surface area contributed by atoms with Gasteiger partial charge in [-0.3, -0.25) is 9.59 Å². The van der Waals surface area contributed by atoms with E-state index in [2.05, 4.69) is 16.0 Å². The van der Waals surface area contributed by atoms with Crippen molar-refractivity contribution in [1.29, 1.82) is 0 Å². The first-order valence-corrected chi connectivity index (χ1v) is 14.0. The maximum absolute atomic E-state index is 12.5. The van der Waals surface area contributed by atoms with Crippen molar-refractivity contribution in [2.24, 2.45) is 0 Å². The Morgan fingerprint density at radius 3 is 1.95 bits per heavy atom. The third-order valence-corrected chi connectivity index (χ3v) is 6.14. The van der Waals surface area contributed by atoms with Crippen LogP contribution in [0.3, 0.4) is 0 Å². The van der Waals surface area contributed by atoms with Crippen molar-refractivity contribution in [3.05, 3.63) is 102 Å². The van der Waals surface area contributed by atoms with E-state index < -0.39 is 29.6 Å². The summed E-state index contributed by atoms with van der Waals surface area (Å²) in [5, 5.41) is 8.17. The molecule has 3 aromatic carbocycles. The highest BCUT2D eigenvalue weighted by molar-refractivity contribution is 7.80. The van der Waals surface area contributed by atoms with Gasteiger partial charge in [0.1, 0.15) is 31.1 Å². The van der Waals surface area contributed by atoms with E-state index in [1.165, 1.54) is 0 Å². The van der Waals surface area contributed by atoms with Gasteiger partial charge in [-0.25, -0.2) is 4.79 Å². The van der Waals surface area contributed by atoms with Crippen LogP contribution in [0, 0.1) is 0 Å². The van der Waals surface area contributed by atoms with Crippen molar-refractivity contribution in [3.8, 4) is 5.75 Å². The van der Waals surface area contributed by atoms with Crippen LogP contribution in [0.15, 0.2) is 84.9 Å². The first-order valence-electron chi connectivity index (χ1n) is 13.6. The monoisotopic (exact) mass is 591 g/mol. The molecule has 0 aliphatic carbocycles. The highest BCUT2D eigenvalue weighted by Crippen LogP contribution is 2.16. The van der Waals surface area contributed by atoms with Gasteiger partial charge in [0.05, 0.1) is 17.6 Å². The quantitative estimate of drug-likeness (QED) is 0.197. The topological polar surface area (TPSA) is 115 Å². The Balaban J connectivity index is 1.51. The lowest BCUT2D eigenvalue weighted by Gasteiger charge is -2.24. The highest BCUT2D eigenvalue weighted by atomic mass is 32.1. The summed E-state index contributed by atoms with van der Waals surface area (Å²) in [5.74, 6) is -0.306. The number of esters is 1. The van der Waals surface area contributed by atoms with E-state index in [0.717, 1.165) is 16.7 Å². The van der Waals surface area contributed by atoms with Gasteiger partial charge in [0.15, 0.2) is 0 Å². The summed E-state index contributed by atoms with van der Waals surface area (Å²) in [7, 11) is 0. The summed E-state index contributed by atoms with van der Waals surface area (Å²) in [5.41, 5.74) is 2.10. The lowest BCUT2D eigenvalue weighted by Crippen LogP contribution is -2.50. The molecule has 2 amide bonds. The van der Waals surface area contributed by atoms with Gasteiger partial charge in [-0.05, 0) is 56.0 Å². The van der Waals surface area contributed by atoms with Crippen LogP contribution in [0.4, 0.5) is 4.79 Å². The smallest absolute Gasteiger partial charge is 0.408 e. The lowest BCUT2D eigenvalue weighted by molar-refractivity contribution is -0.145. The fourth-order valence-electron chi connectivity index (χ4n) is 3.67. The van der Waals surface area contributed by atoms with Crippen LogP contribution in [0.5, 0.6) is 5.75 Å². The normalized spacial score (nSPS) is 11.5. The molecule has 10 heteroatoms. The molecular weight excluding hydrogens is 554 g/mol. The van der Waals surface area contributed by atoms with Crippen LogP contribution >= 0.6 is 12.2 Å². The predicted molar refractivity (Wildman–Crippen MR) is 164 cm³/mol. The second-order valence-corrected chi connectivity index (χ2v) is 10.9. The van der Waals surface area contributed by atoms with E-state index >= 15 is 0 Å². The van der Waals surface area contributed by atoms with Crippen LogP contribution < -0.4 is 20.7 Å². The molecule has 0 saturated carbocycles. The second-order valence-electron chi connectivity index (χ2n) is 10.5. The fraction of sp³-hybridized carbons (Fsp3) is 0.312. The minimum atomic E-state index is -0.698. The van der Waals surface area contributed by atoms with Crippen LogP contribution in [0.1, 0.15) is 37.5 Å². The SMILES string of the molecule is CC(C)(C)OC(=O)N[C@@H](Cc1ccc(OCc2ccccc2)cc1)C(=S)NCC(=O)NCC(=O)OCc1ccccc1. The van der Waals surface area contributed by atoms with E-state index in [4.69, 9.17) is 26.4 Å². The maximum Gasteiger partial charge on any atom is 0.408 e. The molecule has 3 aromatic rings. The Bertz CT molecular complexity index is 1310. The molecule has 0 radical (unpaired) electrons. The van der Waals surface area contributed by atoms with Crippen LogP contribution in [0.2, 0.25) is 0 Å². The molecule has 3 N–H and O–H groups in total. The summed E-state index contributed by atoms with van der Waals surface area (Å²) in [6.07, 6.45) is -0.289. The third-order valence-electron chi connectivity index (χ3n) is 5.71. The first kappa shape index (κ1) is 32.1. The molecule has 0 aliphatic heterocycles. The van der Waals surface area contributed by atoms with Crippen molar-refractivity contribution in [2.45, 2.75) is 52.0 Å². The van der Waals surface area contributed by atoms with Gasteiger partial charge in [-0.2, -0.15) is 0 Å². The number of carbonyl (C=O) groups is 3. The number of hydrogen-bond acceptors (Lipinski definition) is 7. The molecule has 0 saturated heterocycles. The molecule has 0 bridgehead atoms. The Morgan fingerprint density at radius 2 is 1.36 bits per heavy atom. The van der Waals surface area contributed by atoms with Gasteiger partial charge in [-0.1, -0.05) is 85.0 Å². The molecule has 42 heavy (non-hydrogen) atoms. The van der Waals surface area contributed by atoms with Crippen LogP contribution in [-0.4, -0.2) is 47.7 Å². The van der Waals surface area contributed by atoms with Crippen molar-refractivity contribution < 1.29 is 28.6 Å². The summed E-state index contributed by atoms with van der Waals surface area (Å²) < 4.78 is 16.4. The molecule has 0 unspecified atom stereocenters. The van der Waals surface area contributed by atoms with Crippen molar-refractivity contribution in [2.75, 3.05) is 13.1 Å². The Morgan fingerprint density at radius 1 is 0.762 bits per heavy atom. The van der Waals surface area contributed by atoms with Crippen molar-refractivity contribution in [3.63, 3.8) is 0 Å². The molecule has 0 aromatic heterocycles. The molecule has 1 atom stereocenters. The van der Waals surface area contributed by atoms with Gasteiger partial charge < -0.3 is 30.2 Å². The minimum absolute atomic E-state index is 0.121. The largest absolute Gasteiger partial charge is 0.489 e. The van der Waals surface area contributed by atoms with Crippen molar-refractivity contribution >= 4 is 35.2 Å². The predicted octanol–water partition coefficient (Wildman–Crippen LogP) is 4.48. The zero-order valence-electron chi connectivity index (χ0n) is 24.1. The standard InChI is InChI=1S/C32H37N3O6S/c1-32(2,3)41-31(38)35-27(18-23-14-16-26(17-15-23)39-21-24-10-6-4-7-11-24)30(42)34-19-28(36)33-20-29(37)40-22-25-12-8-5-9-13-25/h4-17,27H,18-22H2,1-3H3,(H,33,36)(H,34,42)(H,35,38)/t27-/m0/s1. The van der Waals surface area contributed by atoms with E-state index in [0.29, 0.717) is 18.8 Å². The van der Waals surface area contributed by atoms with E-state index in [1.807, 2.05) is 84.9 Å². The number of rotatable bonds is 13. The number of benzene rings is 3. The van der Waals surface area contributed by atoms with Crippen LogP contribution in [0.25, 0.3) is 0 Å². The molecule has 0 aliphatic rings. The molecular formula is C32H37N3O6S. The summed E-state index contributed by atoms with van der Waals surface area (Å²) in [4.78, 5) is 37.1. The third kappa shape index (κ3) is 12.4. The molecule has 0 spiro atoms. The van der Waals surface area contributed by atoms with Gasteiger partial charge in [-0.15, -0.1) is 0 Å². The summed E-state index contributed by atoms with van der Waals surface area (Å²) >= 11 is 5.53. The number of amides is 2. The number of thiocarbonyl (C=S) groups is 1. The fourth-order valence-corrected chi connectivity index (χ4v) is 3.88. The number of alkyl carbamates (subject to hydrolysis) is 1.